The van der Waals surface area contributed by atoms with Crippen molar-refractivity contribution < 1.29 is 17.9 Å². The molecule has 0 atom stereocenters. The Morgan fingerprint density at radius 3 is 2.25 bits per heavy atom. The molecule has 2 aromatic rings. The lowest BCUT2D eigenvalue weighted by Crippen LogP contribution is -2.31. The number of benzene rings is 2. The molecule has 0 aliphatic heterocycles. The van der Waals surface area contributed by atoms with Gasteiger partial charge in [-0.3, -0.25) is 4.79 Å². The van der Waals surface area contributed by atoms with Crippen LogP contribution in [0.5, 0.6) is 5.75 Å². The summed E-state index contributed by atoms with van der Waals surface area (Å²) in [5.41, 5.74) is 0.367. The van der Waals surface area contributed by atoms with E-state index in [9.17, 15) is 13.2 Å². The summed E-state index contributed by atoms with van der Waals surface area (Å²) in [6.07, 6.45) is 0. The number of ether oxygens (including phenoxy) is 1. The highest BCUT2D eigenvalue weighted by molar-refractivity contribution is 7.89. The number of amides is 1. The number of nitrogens with zero attached hydrogens (tertiary/aromatic N) is 1. The van der Waals surface area contributed by atoms with Crippen LogP contribution < -0.4 is 10.1 Å². The summed E-state index contributed by atoms with van der Waals surface area (Å²) in [6.45, 7) is 3.63. The number of rotatable bonds is 8. The second-order valence-electron chi connectivity index (χ2n) is 5.64. The fourth-order valence-corrected chi connectivity index (χ4v) is 4.73. The maximum Gasteiger partial charge on any atom is 0.262 e. The first kappa shape index (κ1) is 22.8. The van der Waals surface area contributed by atoms with Gasteiger partial charge in [0, 0.05) is 23.1 Å². The molecule has 6 nitrogen and oxygen atoms in total. The van der Waals surface area contributed by atoms with E-state index < -0.39 is 22.5 Å². The Balaban J connectivity index is 2.19. The van der Waals surface area contributed by atoms with Gasteiger partial charge < -0.3 is 10.1 Å². The van der Waals surface area contributed by atoms with Crippen LogP contribution in [0.3, 0.4) is 0 Å². The third kappa shape index (κ3) is 5.52. The molecular weight excluding hydrogens is 447 g/mol. The molecule has 0 aliphatic rings. The van der Waals surface area contributed by atoms with E-state index in [0.717, 1.165) is 0 Å². The smallest absolute Gasteiger partial charge is 0.262 e. The summed E-state index contributed by atoms with van der Waals surface area (Å²) < 4.78 is 32.4. The van der Waals surface area contributed by atoms with Gasteiger partial charge in [-0.15, -0.1) is 0 Å². The fourth-order valence-electron chi connectivity index (χ4n) is 2.43. The Labute approximate surface area is 179 Å². The third-order valence-electron chi connectivity index (χ3n) is 3.79. The second kappa shape index (κ2) is 9.80. The average molecular weight is 466 g/mol. The average Bonchev–Trinajstić information content (AvgIpc) is 2.63. The van der Waals surface area contributed by atoms with Gasteiger partial charge in [-0.25, -0.2) is 8.42 Å². The Morgan fingerprint density at radius 1 is 1.04 bits per heavy atom. The topological polar surface area (TPSA) is 75.7 Å². The Hall–Kier alpha value is -1.51. The standard InChI is InChI=1S/C18H19Cl3N2O4S/c1-3-23(4-2)28(25,26)17-10-13(20)6-8-16(17)27-11-18(24)22-15-7-5-12(19)9-14(15)21/h5-10H,3-4,11H2,1-2H3,(H,22,24). The lowest BCUT2D eigenvalue weighted by Gasteiger charge is -2.20. The summed E-state index contributed by atoms with van der Waals surface area (Å²) in [5, 5.41) is 3.54. The first-order chi connectivity index (χ1) is 13.2. The highest BCUT2D eigenvalue weighted by Crippen LogP contribution is 2.30. The molecule has 2 aromatic carbocycles. The number of halogens is 3. The summed E-state index contributed by atoms with van der Waals surface area (Å²) in [4.78, 5) is 12.1. The van der Waals surface area contributed by atoms with Crippen molar-refractivity contribution in [3.8, 4) is 5.75 Å². The highest BCUT2D eigenvalue weighted by atomic mass is 35.5. The highest BCUT2D eigenvalue weighted by Gasteiger charge is 2.26. The zero-order valence-corrected chi connectivity index (χ0v) is 18.3. The molecule has 0 radical (unpaired) electrons. The van der Waals surface area contributed by atoms with E-state index in [0.29, 0.717) is 23.8 Å². The molecule has 0 saturated carbocycles. The number of nitrogens with one attached hydrogen (secondary N) is 1. The molecule has 0 aromatic heterocycles. The second-order valence-corrected chi connectivity index (χ2v) is 8.83. The third-order valence-corrected chi connectivity index (χ3v) is 6.65. The summed E-state index contributed by atoms with van der Waals surface area (Å²) in [7, 11) is -3.82. The maximum atomic E-state index is 12.8. The first-order valence-corrected chi connectivity index (χ1v) is 10.9. The van der Waals surface area contributed by atoms with Crippen LogP contribution in [-0.2, 0) is 14.8 Å². The van der Waals surface area contributed by atoms with Crippen LogP contribution in [0.1, 0.15) is 13.8 Å². The van der Waals surface area contributed by atoms with E-state index >= 15 is 0 Å². The molecule has 0 bridgehead atoms. The van der Waals surface area contributed by atoms with E-state index in [1.165, 1.54) is 28.6 Å². The normalized spacial score (nSPS) is 11.5. The van der Waals surface area contributed by atoms with E-state index in [-0.39, 0.29) is 20.7 Å². The molecule has 0 spiro atoms. The van der Waals surface area contributed by atoms with Crippen LogP contribution in [0.4, 0.5) is 5.69 Å². The molecule has 1 amide bonds. The SMILES string of the molecule is CCN(CC)S(=O)(=O)c1cc(Cl)ccc1OCC(=O)Nc1ccc(Cl)cc1Cl. The maximum absolute atomic E-state index is 12.8. The van der Waals surface area contributed by atoms with Gasteiger partial charge in [-0.1, -0.05) is 48.7 Å². The molecule has 0 aliphatic carbocycles. The number of hydrogen-bond acceptors (Lipinski definition) is 4. The van der Waals surface area contributed by atoms with Crippen molar-refractivity contribution in [1.82, 2.24) is 4.31 Å². The Bertz CT molecular complexity index is 963. The molecule has 0 saturated heterocycles. The lowest BCUT2D eigenvalue weighted by molar-refractivity contribution is -0.118. The molecular formula is C18H19Cl3N2O4S. The summed E-state index contributed by atoms with van der Waals surface area (Å²) >= 11 is 17.8. The number of hydrogen-bond donors (Lipinski definition) is 1. The molecule has 152 valence electrons. The van der Waals surface area contributed by atoms with Crippen LogP contribution in [0.2, 0.25) is 15.1 Å². The van der Waals surface area contributed by atoms with E-state index in [2.05, 4.69) is 5.32 Å². The first-order valence-electron chi connectivity index (χ1n) is 8.36. The lowest BCUT2D eigenvalue weighted by atomic mass is 10.3. The molecule has 10 heteroatoms. The van der Waals surface area contributed by atoms with Crippen molar-refractivity contribution in [2.45, 2.75) is 18.7 Å². The minimum Gasteiger partial charge on any atom is -0.482 e. The van der Waals surface area contributed by atoms with E-state index in [1.54, 1.807) is 26.0 Å². The molecule has 0 fully saturated rings. The Kier molecular flexibility index (Phi) is 7.97. The van der Waals surface area contributed by atoms with Crippen molar-refractivity contribution in [2.75, 3.05) is 25.0 Å². The van der Waals surface area contributed by atoms with E-state index in [4.69, 9.17) is 39.5 Å². The van der Waals surface area contributed by atoms with Gasteiger partial charge >= 0.3 is 0 Å². The summed E-state index contributed by atoms with van der Waals surface area (Å²) in [5.74, 6) is -0.473. The van der Waals surface area contributed by atoms with Gasteiger partial charge in [0.15, 0.2) is 6.61 Å². The monoisotopic (exact) mass is 464 g/mol. The van der Waals surface area contributed by atoms with Crippen molar-refractivity contribution in [3.63, 3.8) is 0 Å². The van der Waals surface area contributed by atoms with Gasteiger partial charge in [0.05, 0.1) is 10.7 Å². The van der Waals surface area contributed by atoms with Crippen molar-refractivity contribution in [2.24, 2.45) is 0 Å². The number of sulfonamides is 1. The zero-order chi connectivity index (χ0) is 20.9. The molecule has 0 heterocycles. The fraction of sp³-hybridized carbons (Fsp3) is 0.278. The van der Waals surface area contributed by atoms with Gasteiger partial charge in [0.2, 0.25) is 10.0 Å². The number of carbonyl (C=O) groups is 1. The van der Waals surface area contributed by atoms with Gasteiger partial charge in [-0.2, -0.15) is 4.31 Å². The van der Waals surface area contributed by atoms with Crippen LogP contribution in [0.15, 0.2) is 41.3 Å². The van der Waals surface area contributed by atoms with Crippen LogP contribution in [-0.4, -0.2) is 38.3 Å². The quantitative estimate of drug-likeness (QED) is 0.613. The van der Waals surface area contributed by atoms with E-state index in [1.807, 2.05) is 0 Å². The van der Waals surface area contributed by atoms with Crippen LogP contribution in [0.25, 0.3) is 0 Å². The predicted octanol–water partition coefficient (Wildman–Crippen LogP) is 4.69. The zero-order valence-electron chi connectivity index (χ0n) is 15.2. The minimum atomic E-state index is -3.82. The summed E-state index contributed by atoms with van der Waals surface area (Å²) in [6, 6.07) is 8.85. The van der Waals surface area contributed by atoms with Crippen LogP contribution >= 0.6 is 34.8 Å². The molecule has 2 rings (SSSR count). The van der Waals surface area contributed by atoms with Gasteiger partial charge in [0.1, 0.15) is 10.6 Å². The predicted molar refractivity (Wildman–Crippen MR) is 112 cm³/mol. The van der Waals surface area contributed by atoms with Crippen molar-refractivity contribution in [1.29, 1.82) is 0 Å². The number of anilines is 1. The van der Waals surface area contributed by atoms with Gasteiger partial charge in [0.25, 0.3) is 5.91 Å². The largest absolute Gasteiger partial charge is 0.482 e. The van der Waals surface area contributed by atoms with Gasteiger partial charge in [-0.05, 0) is 36.4 Å². The van der Waals surface area contributed by atoms with Crippen molar-refractivity contribution >= 4 is 56.4 Å². The van der Waals surface area contributed by atoms with Crippen molar-refractivity contribution in [3.05, 3.63) is 51.5 Å². The molecule has 0 unspecified atom stereocenters. The van der Waals surface area contributed by atoms with Crippen LogP contribution in [0, 0.1) is 0 Å². The molecule has 1 N–H and O–H groups in total. The molecule has 28 heavy (non-hydrogen) atoms. The Morgan fingerprint density at radius 2 is 1.64 bits per heavy atom. The number of carbonyl (C=O) groups excluding carboxylic acids is 1. The minimum absolute atomic E-state index is 0.0358.